The van der Waals surface area contributed by atoms with Crippen LogP contribution in [0.5, 0.6) is 17.2 Å². The molecular weight excluding hydrogens is 537 g/mol. The Bertz CT molecular complexity index is 1130. The Morgan fingerprint density at radius 2 is 1.52 bits per heavy atom. The maximum atomic E-state index is 12.3. The van der Waals surface area contributed by atoms with Crippen LogP contribution >= 0.6 is 11.3 Å². The lowest BCUT2D eigenvalue weighted by Gasteiger charge is -2.12. The highest BCUT2D eigenvalue weighted by molar-refractivity contribution is 7.85. The SMILES string of the molecule is CCCCCCCCOc1ccc2sccc2c1.CCCCCCCCS(=O)C(C)Cc1ccc2c(c1)OCO2. The van der Waals surface area contributed by atoms with E-state index in [1.807, 2.05) is 18.2 Å². The number of thiophene rings is 1. The van der Waals surface area contributed by atoms with Crippen molar-refractivity contribution in [1.29, 1.82) is 0 Å². The first kappa shape index (κ1) is 32.5. The first-order valence-electron chi connectivity index (χ1n) is 15.5. The molecule has 0 aliphatic carbocycles. The van der Waals surface area contributed by atoms with Gasteiger partial charge in [-0.2, -0.15) is 0 Å². The van der Waals surface area contributed by atoms with Crippen molar-refractivity contribution in [2.45, 2.75) is 109 Å². The third-order valence-corrected chi connectivity index (χ3v) is 9.95. The number of ether oxygens (including phenoxy) is 3. The number of unbranched alkanes of at least 4 members (excludes halogenated alkanes) is 10. The number of fused-ring (bicyclic) bond motifs is 2. The van der Waals surface area contributed by atoms with Crippen LogP contribution in [0.2, 0.25) is 0 Å². The molecular formula is C34H50O4S2. The first-order chi connectivity index (χ1) is 19.6. The van der Waals surface area contributed by atoms with Crippen LogP contribution in [0.15, 0.2) is 47.8 Å². The van der Waals surface area contributed by atoms with E-state index in [0.29, 0.717) is 6.79 Å². The second-order valence-corrected chi connectivity index (χ2v) is 13.7. The molecule has 0 saturated carbocycles. The van der Waals surface area contributed by atoms with E-state index in [-0.39, 0.29) is 5.25 Å². The summed E-state index contributed by atoms with van der Waals surface area (Å²) in [4.78, 5) is 0. The maximum Gasteiger partial charge on any atom is 0.231 e. The molecule has 1 aliphatic rings. The average Bonchev–Trinajstić information content (AvgIpc) is 3.63. The summed E-state index contributed by atoms with van der Waals surface area (Å²) in [5, 5.41) is 3.61. The van der Waals surface area contributed by atoms with Crippen molar-refractivity contribution >= 4 is 32.2 Å². The van der Waals surface area contributed by atoms with Crippen LogP contribution in [0, 0.1) is 0 Å². The van der Waals surface area contributed by atoms with E-state index < -0.39 is 10.8 Å². The maximum absolute atomic E-state index is 12.3. The Balaban J connectivity index is 0.000000225. The molecule has 2 heterocycles. The van der Waals surface area contributed by atoms with Gasteiger partial charge in [-0.25, -0.2) is 0 Å². The van der Waals surface area contributed by atoms with Gasteiger partial charge in [0.2, 0.25) is 6.79 Å². The largest absolute Gasteiger partial charge is 0.494 e. The molecule has 0 spiro atoms. The zero-order valence-electron chi connectivity index (χ0n) is 25.0. The fourth-order valence-corrected chi connectivity index (χ4v) is 6.87. The summed E-state index contributed by atoms with van der Waals surface area (Å²) in [5.74, 6) is 3.46. The monoisotopic (exact) mass is 586 g/mol. The minimum atomic E-state index is -0.743. The van der Waals surface area contributed by atoms with Crippen molar-refractivity contribution < 1.29 is 18.4 Å². The van der Waals surface area contributed by atoms with Crippen molar-refractivity contribution in [1.82, 2.24) is 0 Å². The van der Waals surface area contributed by atoms with E-state index in [4.69, 9.17) is 14.2 Å². The van der Waals surface area contributed by atoms with E-state index in [2.05, 4.69) is 50.4 Å². The fourth-order valence-electron chi connectivity index (χ4n) is 4.83. The van der Waals surface area contributed by atoms with E-state index in [1.54, 1.807) is 11.3 Å². The summed E-state index contributed by atoms with van der Waals surface area (Å²) >= 11 is 1.78. The predicted octanol–water partition coefficient (Wildman–Crippen LogP) is 10.1. The molecule has 40 heavy (non-hydrogen) atoms. The number of hydrogen-bond acceptors (Lipinski definition) is 5. The molecule has 2 aromatic carbocycles. The number of rotatable bonds is 18. The zero-order valence-corrected chi connectivity index (χ0v) is 26.6. The van der Waals surface area contributed by atoms with E-state index in [0.717, 1.165) is 42.4 Å². The standard InChI is InChI=1S/C18H28O3S.C16H22OS/c1-3-4-5-6-7-8-11-22(19)15(2)12-16-9-10-17-18(13-16)21-14-20-17;1-2-3-4-5-6-7-11-17-15-8-9-16-14(13-15)10-12-18-16/h9-10,13,15H,3-8,11-12,14H2,1-2H3;8-10,12-13H,2-7,11H2,1H3. The molecule has 1 aromatic heterocycles. The lowest BCUT2D eigenvalue weighted by Crippen LogP contribution is -2.16. The summed E-state index contributed by atoms with van der Waals surface area (Å²) < 4.78 is 30.2. The van der Waals surface area contributed by atoms with Gasteiger partial charge in [0.25, 0.3) is 0 Å². The quantitative estimate of drug-likeness (QED) is 0.139. The molecule has 0 saturated heterocycles. The lowest BCUT2D eigenvalue weighted by atomic mass is 10.1. The van der Waals surface area contributed by atoms with Crippen LogP contribution < -0.4 is 14.2 Å². The lowest BCUT2D eigenvalue weighted by molar-refractivity contribution is 0.174. The van der Waals surface area contributed by atoms with Crippen molar-refractivity contribution in [3.05, 3.63) is 53.4 Å². The van der Waals surface area contributed by atoms with Gasteiger partial charge >= 0.3 is 0 Å². The molecule has 0 radical (unpaired) electrons. The second kappa shape index (κ2) is 19.1. The van der Waals surface area contributed by atoms with Gasteiger partial charge in [-0.15, -0.1) is 11.3 Å². The molecule has 0 N–H and O–H groups in total. The third kappa shape index (κ3) is 11.8. The van der Waals surface area contributed by atoms with Crippen molar-refractivity contribution in [2.24, 2.45) is 0 Å². The molecule has 2 unspecified atom stereocenters. The summed E-state index contributed by atoms with van der Waals surface area (Å²) in [6.45, 7) is 7.72. The molecule has 4 rings (SSSR count). The van der Waals surface area contributed by atoms with Crippen LogP contribution in [0.1, 0.15) is 103 Å². The van der Waals surface area contributed by atoms with Gasteiger partial charge in [0.15, 0.2) is 11.5 Å². The predicted molar refractivity (Wildman–Crippen MR) is 173 cm³/mol. The molecule has 2 atom stereocenters. The topological polar surface area (TPSA) is 44.8 Å². The zero-order chi connectivity index (χ0) is 28.4. The van der Waals surface area contributed by atoms with Crippen LogP contribution in [-0.4, -0.2) is 28.6 Å². The fraction of sp³-hybridized carbons (Fsp3) is 0.588. The van der Waals surface area contributed by atoms with Gasteiger partial charge in [-0.05, 0) is 72.0 Å². The molecule has 0 bridgehead atoms. The highest BCUT2D eigenvalue weighted by Crippen LogP contribution is 2.33. The van der Waals surface area contributed by atoms with Crippen LogP contribution in [0.4, 0.5) is 0 Å². The van der Waals surface area contributed by atoms with E-state index >= 15 is 0 Å². The molecule has 1 aliphatic heterocycles. The molecule has 222 valence electrons. The highest BCUT2D eigenvalue weighted by atomic mass is 32.2. The van der Waals surface area contributed by atoms with E-state index in [1.165, 1.54) is 86.3 Å². The Hall–Kier alpha value is -2.05. The van der Waals surface area contributed by atoms with Gasteiger partial charge in [0, 0.05) is 26.5 Å². The Morgan fingerprint density at radius 1 is 0.825 bits per heavy atom. The Kier molecular flexibility index (Phi) is 15.5. The Labute approximate surface area is 249 Å². The number of hydrogen-bond donors (Lipinski definition) is 0. The van der Waals surface area contributed by atoms with Gasteiger partial charge in [-0.3, -0.25) is 4.21 Å². The minimum Gasteiger partial charge on any atom is -0.494 e. The van der Waals surface area contributed by atoms with Gasteiger partial charge < -0.3 is 14.2 Å². The Morgan fingerprint density at radius 3 is 2.30 bits per heavy atom. The van der Waals surface area contributed by atoms with Crippen LogP contribution in [-0.2, 0) is 17.2 Å². The number of benzene rings is 2. The summed E-state index contributed by atoms with van der Waals surface area (Å²) in [6.07, 6.45) is 16.2. The summed E-state index contributed by atoms with van der Waals surface area (Å²) in [5.41, 5.74) is 1.17. The van der Waals surface area contributed by atoms with Crippen LogP contribution in [0.3, 0.4) is 0 Å². The molecule has 0 amide bonds. The average molecular weight is 587 g/mol. The van der Waals surface area contributed by atoms with Gasteiger partial charge in [0.1, 0.15) is 5.75 Å². The van der Waals surface area contributed by atoms with Crippen LogP contribution in [0.25, 0.3) is 10.1 Å². The third-order valence-electron chi connectivity index (χ3n) is 7.30. The smallest absolute Gasteiger partial charge is 0.231 e. The molecule has 4 nitrogen and oxygen atoms in total. The normalized spacial score (nSPS) is 13.6. The van der Waals surface area contributed by atoms with Crippen molar-refractivity contribution in [3.63, 3.8) is 0 Å². The van der Waals surface area contributed by atoms with Gasteiger partial charge in [-0.1, -0.05) is 91.0 Å². The van der Waals surface area contributed by atoms with E-state index in [9.17, 15) is 4.21 Å². The summed E-state index contributed by atoms with van der Waals surface area (Å²) in [7, 11) is -0.743. The van der Waals surface area contributed by atoms with Gasteiger partial charge in [0.05, 0.1) is 6.61 Å². The highest BCUT2D eigenvalue weighted by Gasteiger charge is 2.16. The molecule has 6 heteroatoms. The minimum absolute atomic E-state index is 0.191. The molecule has 0 fully saturated rings. The second-order valence-electron chi connectivity index (χ2n) is 10.8. The summed E-state index contributed by atoms with van der Waals surface area (Å²) in [6, 6.07) is 14.5. The van der Waals surface area contributed by atoms with Crippen molar-refractivity contribution in [3.8, 4) is 17.2 Å². The first-order valence-corrected chi connectivity index (χ1v) is 17.7. The molecule has 3 aromatic rings. The van der Waals surface area contributed by atoms with Crippen molar-refractivity contribution in [2.75, 3.05) is 19.2 Å².